The van der Waals surface area contributed by atoms with E-state index in [4.69, 9.17) is 0 Å². The van der Waals surface area contributed by atoms with Crippen LogP contribution in [-0.2, 0) is 7.05 Å². The minimum atomic E-state index is 0.536. The molecule has 0 spiro atoms. The van der Waals surface area contributed by atoms with Crippen LogP contribution >= 0.6 is 0 Å². The Labute approximate surface area is 103 Å². The van der Waals surface area contributed by atoms with E-state index in [1.165, 1.54) is 31.5 Å². The van der Waals surface area contributed by atoms with E-state index in [1.54, 1.807) is 0 Å². The third-order valence-electron chi connectivity index (χ3n) is 4.18. The standard InChI is InChI=1S/C13H22N4/c1-16-6-5-10(7-15-11-3-4-11)13(16)12-8-14-9-17(12)2/h8-11,13,15H,3-7H2,1-2H3. The second-order valence-corrected chi connectivity index (χ2v) is 5.59. The smallest absolute Gasteiger partial charge is 0.0946 e. The zero-order valence-electron chi connectivity index (χ0n) is 10.8. The molecular weight excluding hydrogens is 212 g/mol. The molecule has 1 aromatic rings. The molecule has 94 valence electrons. The van der Waals surface area contributed by atoms with Crippen molar-refractivity contribution in [3.8, 4) is 0 Å². The lowest BCUT2D eigenvalue weighted by molar-refractivity contribution is 0.261. The molecule has 4 heteroatoms. The maximum Gasteiger partial charge on any atom is 0.0946 e. The first kappa shape index (κ1) is 11.2. The van der Waals surface area contributed by atoms with E-state index < -0.39 is 0 Å². The molecule has 17 heavy (non-hydrogen) atoms. The Kier molecular flexibility index (Phi) is 2.92. The number of hydrogen-bond donors (Lipinski definition) is 1. The first-order chi connectivity index (χ1) is 8.25. The first-order valence-corrected chi connectivity index (χ1v) is 6.65. The molecule has 2 unspecified atom stereocenters. The predicted octanol–water partition coefficient (Wildman–Crippen LogP) is 1.16. The SMILES string of the molecule is CN1CCC(CNC2CC2)C1c1cncn1C. The molecule has 1 aromatic heterocycles. The van der Waals surface area contributed by atoms with Crippen molar-refractivity contribution >= 4 is 0 Å². The number of rotatable bonds is 4. The molecule has 2 heterocycles. The second-order valence-electron chi connectivity index (χ2n) is 5.59. The molecule has 0 amide bonds. The largest absolute Gasteiger partial charge is 0.336 e. The van der Waals surface area contributed by atoms with Crippen molar-refractivity contribution in [1.29, 1.82) is 0 Å². The summed E-state index contributed by atoms with van der Waals surface area (Å²) in [4.78, 5) is 6.73. The zero-order valence-corrected chi connectivity index (χ0v) is 10.8. The van der Waals surface area contributed by atoms with E-state index in [1.807, 2.05) is 12.5 Å². The summed E-state index contributed by atoms with van der Waals surface area (Å²) < 4.78 is 2.16. The van der Waals surface area contributed by atoms with Crippen molar-refractivity contribution in [3.63, 3.8) is 0 Å². The van der Waals surface area contributed by atoms with Crippen LogP contribution in [0.4, 0.5) is 0 Å². The number of nitrogens with zero attached hydrogens (tertiary/aromatic N) is 3. The summed E-state index contributed by atoms with van der Waals surface area (Å²) in [6.07, 6.45) is 7.98. The van der Waals surface area contributed by atoms with Gasteiger partial charge in [-0.05, 0) is 38.8 Å². The first-order valence-electron chi connectivity index (χ1n) is 6.65. The van der Waals surface area contributed by atoms with E-state index in [-0.39, 0.29) is 0 Å². The van der Waals surface area contributed by atoms with E-state index in [0.29, 0.717) is 6.04 Å². The van der Waals surface area contributed by atoms with E-state index in [9.17, 15) is 0 Å². The van der Waals surface area contributed by atoms with Crippen molar-refractivity contribution < 1.29 is 0 Å². The van der Waals surface area contributed by atoms with Crippen molar-refractivity contribution in [2.24, 2.45) is 13.0 Å². The Bertz CT molecular complexity index is 383. The number of hydrogen-bond acceptors (Lipinski definition) is 3. The topological polar surface area (TPSA) is 33.1 Å². The summed E-state index contributed by atoms with van der Waals surface area (Å²) in [5.41, 5.74) is 1.35. The van der Waals surface area contributed by atoms with Gasteiger partial charge in [-0.2, -0.15) is 0 Å². The normalized spacial score (nSPS) is 30.0. The summed E-state index contributed by atoms with van der Waals surface area (Å²) >= 11 is 0. The van der Waals surface area contributed by atoms with Gasteiger partial charge < -0.3 is 9.88 Å². The highest BCUT2D eigenvalue weighted by Gasteiger charge is 2.35. The van der Waals surface area contributed by atoms with Gasteiger partial charge in [-0.3, -0.25) is 4.90 Å². The fourth-order valence-electron chi connectivity index (χ4n) is 2.97. The molecule has 2 atom stereocenters. The maximum absolute atomic E-state index is 4.26. The molecule has 1 N–H and O–H groups in total. The fourth-order valence-corrected chi connectivity index (χ4v) is 2.97. The van der Waals surface area contributed by atoms with Gasteiger partial charge in [0.15, 0.2) is 0 Å². The summed E-state index contributed by atoms with van der Waals surface area (Å²) in [5, 5.41) is 3.67. The molecular formula is C13H22N4. The van der Waals surface area contributed by atoms with Gasteiger partial charge in [0, 0.05) is 25.8 Å². The molecule has 0 aromatic carbocycles. The van der Waals surface area contributed by atoms with Gasteiger partial charge >= 0.3 is 0 Å². The minimum absolute atomic E-state index is 0.536. The van der Waals surface area contributed by atoms with Gasteiger partial charge in [0.1, 0.15) is 0 Å². The Hall–Kier alpha value is -0.870. The van der Waals surface area contributed by atoms with Crippen molar-refractivity contribution in [2.75, 3.05) is 20.1 Å². The monoisotopic (exact) mass is 234 g/mol. The van der Waals surface area contributed by atoms with Gasteiger partial charge in [0.25, 0.3) is 0 Å². The van der Waals surface area contributed by atoms with Crippen molar-refractivity contribution in [3.05, 3.63) is 18.2 Å². The third-order valence-corrected chi connectivity index (χ3v) is 4.18. The molecule has 4 nitrogen and oxygen atoms in total. The number of aromatic nitrogens is 2. The number of likely N-dealkylation sites (tertiary alicyclic amines) is 1. The van der Waals surface area contributed by atoms with Crippen molar-refractivity contribution in [2.45, 2.75) is 31.3 Å². The lowest BCUT2D eigenvalue weighted by Crippen LogP contribution is -2.30. The Morgan fingerprint density at radius 2 is 2.18 bits per heavy atom. The minimum Gasteiger partial charge on any atom is -0.336 e. The van der Waals surface area contributed by atoms with Crippen LogP contribution in [0.15, 0.2) is 12.5 Å². The van der Waals surface area contributed by atoms with Gasteiger partial charge in [0.2, 0.25) is 0 Å². The molecule has 1 saturated heterocycles. The highest BCUT2D eigenvalue weighted by atomic mass is 15.2. The van der Waals surface area contributed by atoms with Crippen LogP contribution < -0.4 is 5.32 Å². The van der Waals surface area contributed by atoms with Gasteiger partial charge in [0.05, 0.1) is 18.1 Å². The van der Waals surface area contributed by atoms with Crippen LogP contribution in [0.25, 0.3) is 0 Å². The highest BCUT2D eigenvalue weighted by molar-refractivity contribution is 5.09. The predicted molar refractivity (Wildman–Crippen MR) is 67.7 cm³/mol. The Morgan fingerprint density at radius 3 is 2.82 bits per heavy atom. The summed E-state index contributed by atoms with van der Waals surface area (Å²) in [6, 6.07) is 1.35. The molecule has 0 bridgehead atoms. The molecule has 2 fully saturated rings. The van der Waals surface area contributed by atoms with Crippen LogP contribution in [0.1, 0.15) is 31.0 Å². The number of aryl methyl sites for hydroxylation is 1. The summed E-state index contributed by atoms with van der Waals surface area (Å²) in [5.74, 6) is 0.732. The van der Waals surface area contributed by atoms with Crippen LogP contribution in [0.2, 0.25) is 0 Å². The molecule has 1 aliphatic carbocycles. The second kappa shape index (κ2) is 4.42. The molecule has 2 aliphatic rings. The lowest BCUT2D eigenvalue weighted by Gasteiger charge is -2.25. The van der Waals surface area contributed by atoms with E-state index >= 15 is 0 Å². The van der Waals surface area contributed by atoms with Crippen LogP contribution in [-0.4, -0.2) is 40.6 Å². The van der Waals surface area contributed by atoms with Gasteiger partial charge in [-0.25, -0.2) is 4.98 Å². The summed E-state index contributed by atoms with van der Waals surface area (Å²) in [7, 11) is 4.33. The molecule has 0 radical (unpaired) electrons. The van der Waals surface area contributed by atoms with Crippen LogP contribution in [0.3, 0.4) is 0 Å². The van der Waals surface area contributed by atoms with Crippen LogP contribution in [0, 0.1) is 5.92 Å². The van der Waals surface area contributed by atoms with E-state index in [2.05, 4.69) is 33.9 Å². The zero-order chi connectivity index (χ0) is 11.8. The van der Waals surface area contributed by atoms with Crippen molar-refractivity contribution in [1.82, 2.24) is 19.8 Å². The summed E-state index contributed by atoms with van der Waals surface area (Å²) in [6.45, 7) is 2.36. The third kappa shape index (κ3) is 2.24. The average Bonchev–Trinajstić information content (AvgIpc) is 2.95. The number of imidazole rings is 1. The maximum atomic E-state index is 4.26. The van der Waals surface area contributed by atoms with Crippen LogP contribution in [0.5, 0.6) is 0 Å². The van der Waals surface area contributed by atoms with Gasteiger partial charge in [-0.15, -0.1) is 0 Å². The lowest BCUT2D eigenvalue weighted by atomic mass is 9.98. The van der Waals surface area contributed by atoms with E-state index in [0.717, 1.165) is 18.5 Å². The average molecular weight is 234 g/mol. The molecule has 1 saturated carbocycles. The highest BCUT2D eigenvalue weighted by Crippen LogP contribution is 2.35. The molecule has 1 aliphatic heterocycles. The quantitative estimate of drug-likeness (QED) is 0.849. The Morgan fingerprint density at radius 1 is 1.35 bits per heavy atom. The Balaban J connectivity index is 1.71. The molecule has 3 rings (SSSR count). The fraction of sp³-hybridized carbons (Fsp3) is 0.769. The van der Waals surface area contributed by atoms with Gasteiger partial charge in [-0.1, -0.05) is 0 Å². The number of nitrogens with one attached hydrogen (secondary N) is 1.